The molecule has 0 aliphatic carbocycles. The minimum atomic E-state index is -4.53. The van der Waals surface area contributed by atoms with Crippen molar-refractivity contribution in [3.8, 4) is 0 Å². The van der Waals surface area contributed by atoms with Gasteiger partial charge in [0.25, 0.3) is 5.91 Å². The number of imide groups is 1. The van der Waals surface area contributed by atoms with E-state index < -0.39 is 23.7 Å². The molecule has 2 fully saturated rings. The molecular weight excluding hydrogens is 299 g/mol. The summed E-state index contributed by atoms with van der Waals surface area (Å²) in [4.78, 5) is 27.1. The zero-order valence-corrected chi connectivity index (χ0v) is 11.1. The number of nitrogens with one attached hydrogen (secondary N) is 1. The maximum absolute atomic E-state index is 12.8. The molecule has 1 aromatic rings. The lowest BCUT2D eigenvalue weighted by Gasteiger charge is -2.21. The van der Waals surface area contributed by atoms with Gasteiger partial charge in [0.1, 0.15) is 5.70 Å². The fourth-order valence-electron chi connectivity index (χ4n) is 3.15. The molecule has 0 radical (unpaired) electrons. The minimum Gasteiger partial charge on any atom is -0.384 e. The van der Waals surface area contributed by atoms with E-state index in [1.807, 2.05) is 0 Å². The number of benzene rings is 1. The van der Waals surface area contributed by atoms with Gasteiger partial charge in [-0.05, 0) is 18.2 Å². The van der Waals surface area contributed by atoms with Crippen LogP contribution in [0.1, 0.15) is 12.0 Å². The van der Waals surface area contributed by atoms with Crippen molar-refractivity contribution < 1.29 is 22.8 Å². The minimum absolute atomic E-state index is 0.0632. The normalized spacial score (nSPS) is 23.5. The standard InChI is InChI=1S/C14H10F3N3O2/c15-14(16,17)7-2-1-3-8(4-7)20-12(21)11-10-5-9(6-18-10)19(11)13(20)22/h1-4,9,18H,5-6H2. The van der Waals surface area contributed by atoms with Gasteiger partial charge >= 0.3 is 12.2 Å². The van der Waals surface area contributed by atoms with E-state index in [0.29, 0.717) is 18.7 Å². The SMILES string of the molecule is O=C1C2=C3CC(CN3)N2C(=O)N1c1cccc(C(F)(F)F)c1. The van der Waals surface area contributed by atoms with Crippen LogP contribution in [0.5, 0.6) is 0 Å². The Bertz CT molecular complexity index is 741. The molecule has 0 aromatic heterocycles. The summed E-state index contributed by atoms with van der Waals surface area (Å²) in [7, 11) is 0. The third kappa shape index (κ3) is 1.60. The van der Waals surface area contributed by atoms with Gasteiger partial charge in [-0.1, -0.05) is 6.07 Å². The van der Waals surface area contributed by atoms with Gasteiger partial charge in [-0.2, -0.15) is 13.2 Å². The van der Waals surface area contributed by atoms with Crippen molar-refractivity contribution in [2.45, 2.75) is 18.6 Å². The molecule has 3 amide bonds. The zero-order valence-electron chi connectivity index (χ0n) is 11.1. The number of hydrogen-bond acceptors (Lipinski definition) is 3. The smallest absolute Gasteiger partial charge is 0.384 e. The number of rotatable bonds is 1. The fourth-order valence-corrected chi connectivity index (χ4v) is 3.15. The lowest BCUT2D eigenvalue weighted by molar-refractivity contribution is -0.137. The van der Waals surface area contributed by atoms with Gasteiger partial charge in [0, 0.05) is 18.7 Å². The van der Waals surface area contributed by atoms with Crippen LogP contribution in [0, 0.1) is 0 Å². The third-order valence-electron chi connectivity index (χ3n) is 4.12. The Hall–Kier alpha value is -2.51. The Labute approximate surface area is 123 Å². The number of amides is 3. The number of urea groups is 1. The van der Waals surface area contributed by atoms with Crippen molar-refractivity contribution in [2.24, 2.45) is 0 Å². The molecule has 3 aliphatic heterocycles. The second kappa shape index (κ2) is 4.02. The van der Waals surface area contributed by atoms with Crippen LogP contribution in [0.4, 0.5) is 23.7 Å². The summed E-state index contributed by atoms with van der Waals surface area (Å²) in [6.45, 7) is 0.564. The molecule has 22 heavy (non-hydrogen) atoms. The Morgan fingerprint density at radius 1 is 1.23 bits per heavy atom. The Balaban J connectivity index is 1.77. The van der Waals surface area contributed by atoms with Crippen molar-refractivity contribution in [3.05, 3.63) is 41.2 Å². The average molecular weight is 309 g/mol. The number of carbonyl (C=O) groups excluding carboxylic acids is 2. The lowest BCUT2D eigenvalue weighted by atomic mass is 10.2. The second-order valence-corrected chi connectivity index (χ2v) is 5.41. The molecule has 2 saturated heterocycles. The quantitative estimate of drug-likeness (QED) is 0.808. The van der Waals surface area contributed by atoms with Crippen LogP contribution in [0.15, 0.2) is 35.7 Å². The van der Waals surface area contributed by atoms with Crippen molar-refractivity contribution in [3.63, 3.8) is 0 Å². The highest BCUT2D eigenvalue weighted by Gasteiger charge is 2.53. The average Bonchev–Trinajstić information content (AvgIpc) is 3.12. The number of halogens is 3. The molecule has 2 bridgehead atoms. The molecule has 114 valence electrons. The van der Waals surface area contributed by atoms with Gasteiger partial charge in [-0.3, -0.25) is 9.69 Å². The van der Waals surface area contributed by atoms with E-state index in [4.69, 9.17) is 0 Å². The van der Waals surface area contributed by atoms with Crippen LogP contribution >= 0.6 is 0 Å². The number of alkyl halides is 3. The van der Waals surface area contributed by atoms with Gasteiger partial charge < -0.3 is 5.32 Å². The van der Waals surface area contributed by atoms with Crippen LogP contribution in [-0.2, 0) is 11.0 Å². The fraction of sp³-hybridized carbons (Fsp3) is 0.286. The molecule has 1 aromatic carbocycles. The van der Waals surface area contributed by atoms with Crippen LogP contribution in [-0.4, -0.2) is 29.4 Å². The summed E-state index contributed by atoms with van der Waals surface area (Å²) in [6.07, 6.45) is -3.93. The lowest BCUT2D eigenvalue weighted by Crippen LogP contribution is -2.40. The first-order valence-corrected chi connectivity index (χ1v) is 6.70. The second-order valence-electron chi connectivity index (χ2n) is 5.41. The number of hydrogen-bond donors (Lipinski definition) is 1. The maximum atomic E-state index is 12.8. The van der Waals surface area contributed by atoms with E-state index in [1.54, 1.807) is 0 Å². The number of nitrogens with zero attached hydrogens (tertiary/aromatic N) is 2. The van der Waals surface area contributed by atoms with Gasteiger partial charge in [0.2, 0.25) is 0 Å². The van der Waals surface area contributed by atoms with E-state index in [0.717, 1.165) is 17.0 Å². The van der Waals surface area contributed by atoms with Gasteiger partial charge in [0.15, 0.2) is 0 Å². The zero-order chi connectivity index (χ0) is 15.6. The Morgan fingerprint density at radius 2 is 2.00 bits per heavy atom. The molecule has 1 unspecified atom stereocenters. The summed E-state index contributed by atoms with van der Waals surface area (Å²) in [5.74, 6) is -0.575. The molecular formula is C14H10F3N3O2. The predicted octanol–water partition coefficient (Wildman–Crippen LogP) is 2.06. The van der Waals surface area contributed by atoms with E-state index in [-0.39, 0.29) is 17.4 Å². The maximum Gasteiger partial charge on any atom is 0.416 e. The first-order valence-electron chi connectivity index (χ1n) is 6.70. The Kier molecular flexibility index (Phi) is 2.41. The predicted molar refractivity (Wildman–Crippen MR) is 69.6 cm³/mol. The molecule has 1 atom stereocenters. The molecule has 3 heterocycles. The molecule has 0 spiro atoms. The van der Waals surface area contributed by atoms with E-state index in [9.17, 15) is 22.8 Å². The third-order valence-corrected chi connectivity index (χ3v) is 4.12. The Morgan fingerprint density at radius 3 is 2.68 bits per heavy atom. The van der Waals surface area contributed by atoms with Crippen molar-refractivity contribution in [1.29, 1.82) is 0 Å². The van der Waals surface area contributed by atoms with E-state index >= 15 is 0 Å². The molecule has 3 aliphatic rings. The topological polar surface area (TPSA) is 52.7 Å². The summed E-state index contributed by atoms with van der Waals surface area (Å²) in [6, 6.07) is 3.53. The molecule has 1 N–H and O–H groups in total. The van der Waals surface area contributed by atoms with Gasteiger partial charge in [-0.25, -0.2) is 9.69 Å². The first kappa shape index (κ1) is 13.2. The molecule has 5 nitrogen and oxygen atoms in total. The summed E-state index contributed by atoms with van der Waals surface area (Å²) in [5.41, 5.74) is -0.000350. The van der Waals surface area contributed by atoms with Crippen LogP contribution in [0.2, 0.25) is 0 Å². The number of carbonyl (C=O) groups is 2. The van der Waals surface area contributed by atoms with Gasteiger partial charge in [-0.15, -0.1) is 0 Å². The van der Waals surface area contributed by atoms with Gasteiger partial charge in [0.05, 0.1) is 17.3 Å². The van der Waals surface area contributed by atoms with E-state index in [2.05, 4.69) is 5.32 Å². The molecule has 4 rings (SSSR count). The highest BCUT2D eigenvalue weighted by Crippen LogP contribution is 2.40. The van der Waals surface area contributed by atoms with Crippen LogP contribution in [0.25, 0.3) is 0 Å². The largest absolute Gasteiger partial charge is 0.416 e. The van der Waals surface area contributed by atoms with Crippen molar-refractivity contribution in [1.82, 2.24) is 10.2 Å². The molecule has 0 saturated carbocycles. The molecule has 8 heteroatoms. The van der Waals surface area contributed by atoms with Crippen LogP contribution in [0.3, 0.4) is 0 Å². The van der Waals surface area contributed by atoms with Crippen molar-refractivity contribution >= 4 is 17.6 Å². The number of fused-ring (bicyclic) bond motifs is 4. The van der Waals surface area contributed by atoms with Crippen molar-refractivity contribution in [2.75, 3.05) is 11.4 Å². The summed E-state index contributed by atoms with van der Waals surface area (Å²) in [5, 5.41) is 3.04. The summed E-state index contributed by atoms with van der Waals surface area (Å²) < 4.78 is 38.4. The van der Waals surface area contributed by atoms with Crippen LogP contribution < -0.4 is 10.2 Å². The highest BCUT2D eigenvalue weighted by atomic mass is 19.4. The monoisotopic (exact) mass is 309 g/mol. The highest BCUT2D eigenvalue weighted by molar-refractivity contribution is 6.27. The van der Waals surface area contributed by atoms with E-state index in [1.165, 1.54) is 17.0 Å². The summed E-state index contributed by atoms with van der Waals surface area (Å²) >= 11 is 0. The number of anilines is 1. The first-order chi connectivity index (χ1) is 10.4.